The topological polar surface area (TPSA) is 126 Å². The van der Waals surface area contributed by atoms with Gasteiger partial charge < -0.3 is 14.7 Å². The van der Waals surface area contributed by atoms with Crippen molar-refractivity contribution in [2.45, 2.75) is 32.4 Å². The fourth-order valence-corrected chi connectivity index (χ4v) is 2.50. The van der Waals surface area contributed by atoms with Crippen LogP contribution in [0, 0.1) is 10.1 Å². The molecule has 1 aliphatic rings. The third-order valence-electron chi connectivity index (χ3n) is 3.56. The van der Waals surface area contributed by atoms with E-state index < -0.39 is 28.6 Å². The van der Waals surface area contributed by atoms with Crippen LogP contribution in [-0.2, 0) is 9.53 Å². The molecular weight excluding hydrogens is 332 g/mol. The van der Waals surface area contributed by atoms with Crippen molar-refractivity contribution in [3.8, 4) is 0 Å². The third kappa shape index (κ3) is 4.34. The molecule has 136 valence electrons. The number of rotatable bonds is 3. The lowest BCUT2D eigenvalue weighted by Gasteiger charge is -2.39. The lowest BCUT2D eigenvalue weighted by atomic mass is 10.1. The van der Waals surface area contributed by atoms with Crippen LogP contribution in [0.1, 0.15) is 20.8 Å². The number of hydrogen-bond donors (Lipinski definition) is 1. The van der Waals surface area contributed by atoms with Gasteiger partial charge in [-0.2, -0.15) is 0 Å². The molecule has 1 N–H and O–H groups in total. The Balaban J connectivity index is 2.24. The van der Waals surface area contributed by atoms with Crippen molar-refractivity contribution < 1.29 is 24.4 Å². The quantitative estimate of drug-likeness (QED) is 0.640. The number of carboxylic acids is 1. The number of carbonyl (C=O) groups is 2. The van der Waals surface area contributed by atoms with Crippen molar-refractivity contribution in [1.29, 1.82) is 0 Å². The first-order valence-electron chi connectivity index (χ1n) is 7.67. The standard InChI is InChI=1S/C15H20N4O6/c1-15(2,3)25-14(22)18-8-7-17(9-11(18)13(20)21)12-10(19(23)24)5-4-6-16-12/h4-6,11H,7-9H2,1-3H3,(H,20,21)/t11-/m0/s1. The largest absolute Gasteiger partial charge is 0.480 e. The summed E-state index contributed by atoms with van der Waals surface area (Å²) in [4.78, 5) is 41.0. The van der Waals surface area contributed by atoms with E-state index in [4.69, 9.17) is 4.74 Å². The molecule has 10 nitrogen and oxygen atoms in total. The minimum Gasteiger partial charge on any atom is -0.480 e. The summed E-state index contributed by atoms with van der Waals surface area (Å²) in [5, 5.41) is 20.6. The maximum atomic E-state index is 12.2. The Kier molecular flexibility index (Phi) is 5.10. The van der Waals surface area contributed by atoms with E-state index in [0.29, 0.717) is 0 Å². The number of aliphatic carboxylic acids is 1. The Bertz CT molecular complexity index is 687. The number of hydrogen-bond acceptors (Lipinski definition) is 7. The van der Waals surface area contributed by atoms with Gasteiger partial charge in [0.25, 0.3) is 0 Å². The molecule has 1 aromatic rings. The van der Waals surface area contributed by atoms with Gasteiger partial charge in [0, 0.05) is 25.4 Å². The number of nitro groups is 1. The highest BCUT2D eigenvalue weighted by atomic mass is 16.6. The molecule has 0 spiro atoms. The molecule has 1 atom stereocenters. The van der Waals surface area contributed by atoms with E-state index in [0.717, 1.165) is 4.90 Å². The first-order valence-corrected chi connectivity index (χ1v) is 7.67. The van der Waals surface area contributed by atoms with Gasteiger partial charge in [-0.05, 0) is 26.8 Å². The van der Waals surface area contributed by atoms with Crippen molar-refractivity contribution in [3.05, 3.63) is 28.4 Å². The summed E-state index contributed by atoms with van der Waals surface area (Å²) in [5.74, 6) is -1.13. The van der Waals surface area contributed by atoms with Gasteiger partial charge in [-0.15, -0.1) is 0 Å². The van der Waals surface area contributed by atoms with Crippen LogP contribution in [-0.4, -0.2) is 63.3 Å². The van der Waals surface area contributed by atoms with Gasteiger partial charge in [0.2, 0.25) is 5.82 Å². The highest BCUT2D eigenvalue weighted by Gasteiger charge is 2.39. The molecule has 25 heavy (non-hydrogen) atoms. The van der Waals surface area contributed by atoms with Gasteiger partial charge in [0.05, 0.1) is 11.5 Å². The van der Waals surface area contributed by atoms with Crippen LogP contribution in [0.15, 0.2) is 18.3 Å². The molecule has 0 aliphatic carbocycles. The second-order valence-electron chi connectivity index (χ2n) is 6.58. The molecular formula is C15H20N4O6. The summed E-state index contributed by atoms with van der Waals surface area (Å²) in [6.07, 6.45) is 0.674. The smallest absolute Gasteiger partial charge is 0.411 e. The number of carbonyl (C=O) groups excluding carboxylic acids is 1. The van der Waals surface area contributed by atoms with E-state index in [1.165, 1.54) is 23.2 Å². The lowest BCUT2D eigenvalue weighted by molar-refractivity contribution is -0.384. The van der Waals surface area contributed by atoms with Crippen LogP contribution in [0.25, 0.3) is 0 Å². The SMILES string of the molecule is CC(C)(C)OC(=O)N1CCN(c2ncccc2[N+](=O)[O-])C[C@H]1C(=O)O. The highest BCUT2D eigenvalue weighted by molar-refractivity contribution is 5.81. The average molecular weight is 352 g/mol. The maximum Gasteiger partial charge on any atom is 0.411 e. The number of pyridine rings is 1. The zero-order valence-electron chi connectivity index (χ0n) is 14.2. The van der Waals surface area contributed by atoms with Gasteiger partial charge >= 0.3 is 17.7 Å². The Hall–Kier alpha value is -2.91. The van der Waals surface area contributed by atoms with Crippen LogP contribution >= 0.6 is 0 Å². The van der Waals surface area contributed by atoms with Gasteiger partial charge in [-0.25, -0.2) is 14.6 Å². The summed E-state index contributed by atoms with van der Waals surface area (Å²) < 4.78 is 5.24. The van der Waals surface area contributed by atoms with Crippen LogP contribution in [0.3, 0.4) is 0 Å². The molecule has 0 bridgehead atoms. The molecule has 2 heterocycles. The van der Waals surface area contributed by atoms with E-state index in [-0.39, 0.29) is 31.1 Å². The molecule has 1 saturated heterocycles. The molecule has 1 aromatic heterocycles. The fraction of sp³-hybridized carbons (Fsp3) is 0.533. The maximum absolute atomic E-state index is 12.2. The van der Waals surface area contributed by atoms with Gasteiger partial charge in [0.1, 0.15) is 11.6 Å². The van der Waals surface area contributed by atoms with E-state index in [1.807, 2.05) is 0 Å². The normalized spacial score (nSPS) is 18.0. The Labute approximate surface area is 144 Å². The fourth-order valence-electron chi connectivity index (χ4n) is 2.50. The predicted molar refractivity (Wildman–Crippen MR) is 87.5 cm³/mol. The van der Waals surface area contributed by atoms with Crippen molar-refractivity contribution in [2.75, 3.05) is 24.5 Å². The van der Waals surface area contributed by atoms with Gasteiger partial charge in [0.15, 0.2) is 0 Å². The summed E-state index contributed by atoms with van der Waals surface area (Å²) in [7, 11) is 0. The zero-order chi connectivity index (χ0) is 18.8. The van der Waals surface area contributed by atoms with Crippen molar-refractivity contribution in [1.82, 2.24) is 9.88 Å². The van der Waals surface area contributed by atoms with Gasteiger partial charge in [-0.3, -0.25) is 15.0 Å². The molecule has 0 aromatic carbocycles. The van der Waals surface area contributed by atoms with E-state index in [9.17, 15) is 24.8 Å². The number of anilines is 1. The molecule has 0 unspecified atom stereocenters. The predicted octanol–water partition coefficient (Wildman–Crippen LogP) is 1.50. The number of amides is 1. The minimum atomic E-state index is -1.21. The second-order valence-corrected chi connectivity index (χ2v) is 6.58. The van der Waals surface area contributed by atoms with E-state index in [1.54, 1.807) is 20.8 Å². The zero-order valence-corrected chi connectivity index (χ0v) is 14.2. The first kappa shape index (κ1) is 18.4. The van der Waals surface area contributed by atoms with Crippen molar-refractivity contribution in [2.24, 2.45) is 0 Å². The average Bonchev–Trinajstić information content (AvgIpc) is 2.52. The number of ether oxygens (including phenoxy) is 1. The summed E-state index contributed by atoms with van der Waals surface area (Å²) in [6, 6.07) is 1.55. The van der Waals surface area contributed by atoms with Crippen LogP contribution in [0.5, 0.6) is 0 Å². The second kappa shape index (κ2) is 6.91. The molecule has 1 fully saturated rings. The molecule has 2 rings (SSSR count). The highest BCUT2D eigenvalue weighted by Crippen LogP contribution is 2.27. The molecule has 0 saturated carbocycles. The number of aromatic nitrogens is 1. The first-order chi connectivity index (χ1) is 11.6. The number of carboxylic acid groups (broad SMARTS) is 1. The Morgan fingerprint density at radius 1 is 1.40 bits per heavy atom. The van der Waals surface area contributed by atoms with Crippen LogP contribution < -0.4 is 4.90 Å². The molecule has 1 aliphatic heterocycles. The number of piperazine rings is 1. The lowest BCUT2D eigenvalue weighted by Crippen LogP contribution is -2.59. The van der Waals surface area contributed by atoms with Gasteiger partial charge in [-0.1, -0.05) is 0 Å². The monoisotopic (exact) mass is 352 g/mol. The summed E-state index contributed by atoms with van der Waals surface area (Å²) in [5.41, 5.74) is -0.964. The minimum absolute atomic E-state index is 0.0552. The molecule has 10 heteroatoms. The van der Waals surface area contributed by atoms with Crippen molar-refractivity contribution in [3.63, 3.8) is 0 Å². The summed E-state index contributed by atoms with van der Waals surface area (Å²) in [6.45, 7) is 5.21. The van der Waals surface area contributed by atoms with Crippen LogP contribution in [0.2, 0.25) is 0 Å². The Morgan fingerprint density at radius 3 is 2.64 bits per heavy atom. The van der Waals surface area contributed by atoms with Crippen molar-refractivity contribution >= 4 is 23.6 Å². The number of nitrogens with zero attached hydrogens (tertiary/aromatic N) is 4. The third-order valence-corrected chi connectivity index (χ3v) is 3.56. The molecule has 1 amide bonds. The molecule has 0 radical (unpaired) electrons. The van der Waals surface area contributed by atoms with E-state index in [2.05, 4.69) is 4.98 Å². The summed E-state index contributed by atoms with van der Waals surface area (Å²) >= 11 is 0. The van der Waals surface area contributed by atoms with Crippen LogP contribution in [0.4, 0.5) is 16.3 Å². The Morgan fingerprint density at radius 2 is 2.08 bits per heavy atom. The van der Waals surface area contributed by atoms with E-state index >= 15 is 0 Å².